The van der Waals surface area contributed by atoms with Crippen LogP contribution in [0, 0.1) is 0 Å². The summed E-state index contributed by atoms with van der Waals surface area (Å²) in [5.41, 5.74) is 1.24. The number of hydrogen-bond donors (Lipinski definition) is 2. The molecule has 0 atom stereocenters. The van der Waals surface area contributed by atoms with Gasteiger partial charge >= 0.3 is 6.09 Å². The lowest BCUT2D eigenvalue weighted by atomic mass is 10.0. The predicted octanol–water partition coefficient (Wildman–Crippen LogP) is 2.60. The minimum Gasteiger partial charge on any atom is -0.465 e. The van der Waals surface area contributed by atoms with Crippen LogP contribution in [0.5, 0.6) is 0 Å². The maximum Gasteiger partial charge on any atom is 0.405 e. The Hall–Kier alpha value is -1.36. The Morgan fingerprint density at radius 1 is 1.47 bits per heavy atom. The first-order valence-electron chi connectivity index (χ1n) is 5.29. The van der Waals surface area contributed by atoms with Crippen LogP contribution in [0.3, 0.4) is 0 Å². The van der Waals surface area contributed by atoms with Crippen molar-refractivity contribution in [2.24, 2.45) is 0 Å². The van der Waals surface area contributed by atoms with Crippen molar-refractivity contribution in [1.82, 2.24) is 5.32 Å². The standard InChI is InChI=1S/C12H12BrNO3/c13-10-4-8(3-9(5-10)7-15)6-12(1-2-12)14-11(16)17/h3-5,7,14H,1-2,6H2,(H,16,17). The molecule has 0 saturated heterocycles. The quantitative estimate of drug-likeness (QED) is 0.840. The average molecular weight is 298 g/mol. The zero-order valence-corrected chi connectivity index (χ0v) is 10.7. The number of carbonyl (C=O) groups excluding carboxylic acids is 1. The summed E-state index contributed by atoms with van der Waals surface area (Å²) in [7, 11) is 0. The molecule has 90 valence electrons. The van der Waals surface area contributed by atoms with Crippen LogP contribution in [0.1, 0.15) is 28.8 Å². The van der Waals surface area contributed by atoms with Gasteiger partial charge in [0.25, 0.3) is 0 Å². The zero-order chi connectivity index (χ0) is 12.5. The first-order valence-corrected chi connectivity index (χ1v) is 6.08. The van der Waals surface area contributed by atoms with Crippen molar-refractivity contribution in [3.05, 3.63) is 33.8 Å². The number of carboxylic acid groups (broad SMARTS) is 1. The maximum absolute atomic E-state index is 10.7. The molecule has 0 unspecified atom stereocenters. The van der Waals surface area contributed by atoms with Crippen molar-refractivity contribution in [3.63, 3.8) is 0 Å². The molecule has 0 radical (unpaired) electrons. The number of carbonyl (C=O) groups is 2. The molecule has 17 heavy (non-hydrogen) atoms. The highest BCUT2D eigenvalue weighted by Crippen LogP contribution is 2.39. The molecule has 1 fully saturated rings. The summed E-state index contributed by atoms with van der Waals surface area (Å²) in [5.74, 6) is 0. The third-order valence-corrected chi connectivity index (χ3v) is 3.34. The molecule has 5 heteroatoms. The van der Waals surface area contributed by atoms with Gasteiger partial charge in [0.1, 0.15) is 6.29 Å². The normalized spacial score (nSPS) is 16.3. The van der Waals surface area contributed by atoms with Gasteiger partial charge in [-0.2, -0.15) is 0 Å². The van der Waals surface area contributed by atoms with Crippen LogP contribution in [0.15, 0.2) is 22.7 Å². The van der Waals surface area contributed by atoms with Crippen LogP contribution >= 0.6 is 15.9 Å². The predicted molar refractivity (Wildman–Crippen MR) is 66.4 cm³/mol. The van der Waals surface area contributed by atoms with Gasteiger partial charge in [-0.25, -0.2) is 4.79 Å². The van der Waals surface area contributed by atoms with Gasteiger partial charge in [-0.05, 0) is 43.0 Å². The molecule has 1 amide bonds. The Labute approximate surface area is 107 Å². The Morgan fingerprint density at radius 2 is 2.18 bits per heavy atom. The largest absolute Gasteiger partial charge is 0.465 e. The summed E-state index contributed by atoms with van der Waals surface area (Å²) < 4.78 is 0.836. The molecule has 1 aliphatic rings. The van der Waals surface area contributed by atoms with Crippen LogP contribution in [-0.4, -0.2) is 23.0 Å². The van der Waals surface area contributed by atoms with Gasteiger partial charge in [-0.15, -0.1) is 0 Å². The van der Waals surface area contributed by atoms with Gasteiger partial charge in [0.2, 0.25) is 0 Å². The number of nitrogens with one attached hydrogen (secondary N) is 1. The lowest BCUT2D eigenvalue weighted by Crippen LogP contribution is -2.37. The van der Waals surface area contributed by atoms with Crippen LogP contribution in [0.25, 0.3) is 0 Å². The fourth-order valence-electron chi connectivity index (χ4n) is 1.96. The van der Waals surface area contributed by atoms with Crippen molar-refractivity contribution in [2.45, 2.75) is 24.8 Å². The van der Waals surface area contributed by atoms with E-state index in [2.05, 4.69) is 21.2 Å². The van der Waals surface area contributed by atoms with E-state index in [4.69, 9.17) is 5.11 Å². The third-order valence-electron chi connectivity index (χ3n) is 2.88. The van der Waals surface area contributed by atoms with E-state index in [0.29, 0.717) is 12.0 Å². The second-order valence-corrected chi connectivity index (χ2v) is 5.31. The van der Waals surface area contributed by atoms with Gasteiger partial charge in [0, 0.05) is 15.6 Å². The molecule has 0 spiro atoms. The maximum atomic E-state index is 10.7. The molecule has 0 bridgehead atoms. The molecule has 4 nitrogen and oxygen atoms in total. The third kappa shape index (κ3) is 3.06. The second-order valence-electron chi connectivity index (χ2n) is 4.40. The summed E-state index contributed by atoms with van der Waals surface area (Å²) >= 11 is 3.34. The first-order chi connectivity index (χ1) is 8.03. The number of aldehydes is 1. The lowest BCUT2D eigenvalue weighted by molar-refractivity contribution is 0.112. The van der Waals surface area contributed by atoms with Crippen LogP contribution in [-0.2, 0) is 6.42 Å². The minimum atomic E-state index is -0.992. The van der Waals surface area contributed by atoms with Crippen molar-refractivity contribution in [3.8, 4) is 0 Å². The van der Waals surface area contributed by atoms with Crippen molar-refractivity contribution >= 4 is 28.3 Å². The van der Waals surface area contributed by atoms with E-state index in [9.17, 15) is 9.59 Å². The number of benzene rings is 1. The van der Waals surface area contributed by atoms with Gasteiger partial charge < -0.3 is 10.4 Å². The molecule has 1 saturated carbocycles. The Bertz CT molecular complexity index is 469. The monoisotopic (exact) mass is 297 g/mol. The van der Waals surface area contributed by atoms with E-state index in [0.717, 1.165) is 29.2 Å². The fourth-order valence-corrected chi connectivity index (χ4v) is 2.52. The SMILES string of the molecule is O=Cc1cc(Br)cc(CC2(NC(=O)O)CC2)c1. The second kappa shape index (κ2) is 4.49. The van der Waals surface area contributed by atoms with E-state index >= 15 is 0 Å². The van der Waals surface area contributed by atoms with Gasteiger partial charge in [0.05, 0.1) is 0 Å². The molecule has 1 aliphatic carbocycles. The Balaban J connectivity index is 2.16. The summed E-state index contributed by atoms with van der Waals surface area (Å²) in [6.07, 6.45) is 2.12. The topological polar surface area (TPSA) is 66.4 Å². The van der Waals surface area contributed by atoms with E-state index in [1.165, 1.54) is 0 Å². The number of amides is 1. The molecule has 0 aromatic heterocycles. The van der Waals surface area contributed by atoms with Crippen molar-refractivity contribution in [1.29, 1.82) is 0 Å². The molecule has 1 aromatic rings. The van der Waals surface area contributed by atoms with E-state index in [1.54, 1.807) is 12.1 Å². The van der Waals surface area contributed by atoms with Crippen LogP contribution in [0.2, 0.25) is 0 Å². The van der Waals surface area contributed by atoms with Crippen LogP contribution in [0.4, 0.5) is 4.79 Å². The molecular weight excluding hydrogens is 286 g/mol. The highest BCUT2D eigenvalue weighted by Gasteiger charge is 2.44. The lowest BCUT2D eigenvalue weighted by Gasteiger charge is -2.15. The summed E-state index contributed by atoms with van der Waals surface area (Å²) in [5, 5.41) is 11.3. The van der Waals surface area contributed by atoms with Gasteiger partial charge in [-0.3, -0.25) is 4.79 Å². The highest BCUT2D eigenvalue weighted by molar-refractivity contribution is 9.10. The smallest absolute Gasteiger partial charge is 0.405 e. The Kier molecular flexibility index (Phi) is 3.19. The van der Waals surface area contributed by atoms with Crippen molar-refractivity contribution in [2.75, 3.05) is 0 Å². The molecule has 0 aliphatic heterocycles. The van der Waals surface area contributed by atoms with E-state index < -0.39 is 6.09 Å². The minimum absolute atomic E-state index is 0.327. The number of halogens is 1. The summed E-state index contributed by atoms with van der Waals surface area (Å²) in [6, 6.07) is 5.44. The molecule has 1 aromatic carbocycles. The van der Waals surface area contributed by atoms with Crippen LogP contribution < -0.4 is 5.32 Å². The first kappa shape index (κ1) is 12.1. The average Bonchev–Trinajstić information content (AvgIpc) is 2.95. The fraction of sp³-hybridized carbons (Fsp3) is 0.333. The highest BCUT2D eigenvalue weighted by atomic mass is 79.9. The summed E-state index contributed by atoms with van der Waals surface area (Å²) in [4.78, 5) is 21.4. The van der Waals surface area contributed by atoms with E-state index in [-0.39, 0.29) is 5.54 Å². The number of hydrogen-bond acceptors (Lipinski definition) is 2. The molecule has 0 heterocycles. The summed E-state index contributed by atoms with van der Waals surface area (Å²) in [6.45, 7) is 0. The Morgan fingerprint density at radius 3 is 2.71 bits per heavy atom. The van der Waals surface area contributed by atoms with Crippen molar-refractivity contribution < 1.29 is 14.7 Å². The zero-order valence-electron chi connectivity index (χ0n) is 9.07. The van der Waals surface area contributed by atoms with E-state index in [1.807, 2.05) is 6.07 Å². The number of rotatable bonds is 4. The van der Waals surface area contributed by atoms with Gasteiger partial charge in [0.15, 0.2) is 0 Å². The van der Waals surface area contributed by atoms with Gasteiger partial charge in [-0.1, -0.05) is 15.9 Å². The molecular formula is C12H12BrNO3. The molecule has 2 N–H and O–H groups in total. The molecule has 2 rings (SSSR count).